The van der Waals surface area contributed by atoms with Gasteiger partial charge in [-0.25, -0.2) is 0 Å². The van der Waals surface area contributed by atoms with Gasteiger partial charge in [-0.3, -0.25) is 19.2 Å². The van der Waals surface area contributed by atoms with Crippen molar-refractivity contribution >= 4 is 23.6 Å². The summed E-state index contributed by atoms with van der Waals surface area (Å²) in [4.78, 5) is 58.4. The number of carbonyl (C=O) groups excluding carboxylic acids is 4. The Morgan fingerprint density at radius 3 is 1.45 bits per heavy atom. The molecule has 0 aromatic rings. The van der Waals surface area contributed by atoms with Gasteiger partial charge in [-0.2, -0.15) is 0 Å². The van der Waals surface area contributed by atoms with Gasteiger partial charge < -0.3 is 19.6 Å². The maximum absolute atomic E-state index is 13.4. The van der Waals surface area contributed by atoms with E-state index in [0.717, 1.165) is 45.2 Å². The van der Waals surface area contributed by atoms with Gasteiger partial charge in [0.25, 0.3) is 0 Å². The monoisotopic (exact) mass is 404 g/mol. The third-order valence-corrected chi connectivity index (χ3v) is 7.00. The van der Waals surface area contributed by atoms with Crippen molar-refractivity contribution in [2.45, 2.75) is 76.4 Å². The normalized spacial score (nSPS) is 29.8. The van der Waals surface area contributed by atoms with Crippen LogP contribution in [0.1, 0.15) is 58.3 Å². The molecule has 0 aromatic carbocycles. The van der Waals surface area contributed by atoms with E-state index in [2.05, 4.69) is 0 Å². The summed E-state index contributed by atoms with van der Waals surface area (Å²) < 4.78 is 0. The highest BCUT2D eigenvalue weighted by Gasteiger charge is 2.45. The molecule has 0 saturated carbocycles. The van der Waals surface area contributed by atoms with Crippen molar-refractivity contribution in [3.8, 4) is 0 Å². The molecule has 4 fully saturated rings. The molecule has 4 saturated heterocycles. The number of likely N-dealkylation sites (tertiary alicyclic amines) is 4. The molecule has 4 rings (SSSR count). The molecular formula is C21H32N4O4. The Kier molecular flexibility index (Phi) is 5.79. The van der Waals surface area contributed by atoms with Crippen LogP contribution in [0.2, 0.25) is 0 Å². The zero-order valence-electron chi connectivity index (χ0n) is 17.3. The van der Waals surface area contributed by atoms with Crippen molar-refractivity contribution in [2.24, 2.45) is 0 Å². The topological polar surface area (TPSA) is 81.2 Å². The van der Waals surface area contributed by atoms with Crippen LogP contribution in [-0.4, -0.2) is 94.1 Å². The molecule has 0 aromatic heterocycles. The van der Waals surface area contributed by atoms with Gasteiger partial charge in [-0.15, -0.1) is 0 Å². The first-order valence-corrected chi connectivity index (χ1v) is 11.2. The van der Waals surface area contributed by atoms with Gasteiger partial charge in [0.1, 0.15) is 18.1 Å². The molecule has 4 amide bonds. The molecule has 0 bridgehead atoms. The minimum Gasteiger partial charge on any atom is -0.341 e. The minimum absolute atomic E-state index is 0.0720. The SMILES string of the molecule is CC(=O)N1CCC[C@H]1C(=O)N1CCC[C@H]1C(=O)N1CCC[C@H]1C(=O)N1CCCC1. The molecule has 4 aliphatic rings. The van der Waals surface area contributed by atoms with E-state index >= 15 is 0 Å². The molecule has 4 aliphatic heterocycles. The summed E-state index contributed by atoms with van der Waals surface area (Å²) in [5.41, 5.74) is 0. The van der Waals surface area contributed by atoms with Crippen LogP contribution in [0.5, 0.6) is 0 Å². The molecule has 0 spiro atoms. The van der Waals surface area contributed by atoms with Crippen molar-refractivity contribution in [3.05, 3.63) is 0 Å². The highest BCUT2D eigenvalue weighted by molar-refractivity contribution is 5.95. The van der Waals surface area contributed by atoms with Gasteiger partial charge in [-0.05, 0) is 51.4 Å². The van der Waals surface area contributed by atoms with Gasteiger partial charge in [0, 0.05) is 39.6 Å². The summed E-state index contributed by atoms with van der Waals surface area (Å²) in [6, 6.07) is -1.32. The molecule has 160 valence electrons. The molecule has 8 heteroatoms. The van der Waals surface area contributed by atoms with E-state index in [-0.39, 0.29) is 29.7 Å². The lowest BCUT2D eigenvalue weighted by Gasteiger charge is -2.34. The third kappa shape index (κ3) is 3.73. The van der Waals surface area contributed by atoms with E-state index in [1.165, 1.54) is 6.92 Å². The smallest absolute Gasteiger partial charge is 0.246 e. The fourth-order valence-electron chi connectivity index (χ4n) is 5.51. The van der Waals surface area contributed by atoms with E-state index in [0.29, 0.717) is 38.9 Å². The Morgan fingerprint density at radius 2 is 0.966 bits per heavy atom. The Morgan fingerprint density at radius 1 is 0.552 bits per heavy atom. The van der Waals surface area contributed by atoms with Crippen LogP contribution in [0.15, 0.2) is 0 Å². The average molecular weight is 405 g/mol. The van der Waals surface area contributed by atoms with Crippen LogP contribution >= 0.6 is 0 Å². The maximum Gasteiger partial charge on any atom is 0.246 e. The maximum atomic E-state index is 13.4. The molecule has 3 atom stereocenters. The molecule has 0 N–H and O–H groups in total. The van der Waals surface area contributed by atoms with E-state index < -0.39 is 12.1 Å². The Labute approximate surface area is 172 Å². The number of carbonyl (C=O) groups is 4. The van der Waals surface area contributed by atoms with E-state index in [4.69, 9.17) is 0 Å². The zero-order valence-corrected chi connectivity index (χ0v) is 17.3. The van der Waals surface area contributed by atoms with Crippen molar-refractivity contribution in [3.63, 3.8) is 0 Å². The lowest BCUT2D eigenvalue weighted by Crippen LogP contribution is -2.55. The first kappa shape index (κ1) is 20.2. The summed E-state index contributed by atoms with van der Waals surface area (Å²) >= 11 is 0. The van der Waals surface area contributed by atoms with Crippen LogP contribution in [0, 0.1) is 0 Å². The van der Waals surface area contributed by atoms with Gasteiger partial charge >= 0.3 is 0 Å². The molecule has 0 unspecified atom stereocenters. The van der Waals surface area contributed by atoms with Crippen molar-refractivity contribution in [1.82, 2.24) is 19.6 Å². The predicted molar refractivity (Wildman–Crippen MR) is 106 cm³/mol. The molecule has 0 radical (unpaired) electrons. The Hall–Kier alpha value is -2.12. The molecule has 4 heterocycles. The number of hydrogen-bond donors (Lipinski definition) is 0. The summed E-state index contributed by atoms with van der Waals surface area (Å²) in [7, 11) is 0. The second-order valence-electron chi connectivity index (χ2n) is 8.78. The Balaban J connectivity index is 1.46. The van der Waals surface area contributed by atoms with Crippen LogP contribution in [0.4, 0.5) is 0 Å². The quantitative estimate of drug-likeness (QED) is 0.690. The highest BCUT2D eigenvalue weighted by Crippen LogP contribution is 2.29. The average Bonchev–Trinajstić information content (AvgIpc) is 3.50. The third-order valence-electron chi connectivity index (χ3n) is 7.00. The van der Waals surface area contributed by atoms with Crippen molar-refractivity contribution < 1.29 is 19.2 Å². The minimum atomic E-state index is -0.496. The van der Waals surface area contributed by atoms with Crippen LogP contribution in [-0.2, 0) is 19.2 Å². The van der Waals surface area contributed by atoms with Crippen molar-refractivity contribution in [2.75, 3.05) is 32.7 Å². The Bertz CT molecular complexity index is 690. The summed E-state index contributed by atoms with van der Waals surface area (Å²) in [5, 5.41) is 0. The summed E-state index contributed by atoms with van der Waals surface area (Å²) in [6.45, 7) is 4.82. The number of amides is 4. The number of nitrogens with zero attached hydrogens (tertiary/aromatic N) is 4. The van der Waals surface area contributed by atoms with Gasteiger partial charge in [-0.1, -0.05) is 0 Å². The number of hydrogen-bond acceptors (Lipinski definition) is 4. The summed E-state index contributed by atoms with van der Waals surface area (Å²) in [6.07, 6.45) is 6.51. The first-order valence-electron chi connectivity index (χ1n) is 11.2. The van der Waals surface area contributed by atoms with Crippen LogP contribution in [0.3, 0.4) is 0 Å². The van der Waals surface area contributed by atoms with Crippen molar-refractivity contribution in [1.29, 1.82) is 0 Å². The highest BCUT2D eigenvalue weighted by atomic mass is 16.2. The number of rotatable bonds is 3. The lowest BCUT2D eigenvalue weighted by molar-refractivity contribution is -0.151. The fraction of sp³-hybridized carbons (Fsp3) is 0.810. The van der Waals surface area contributed by atoms with Gasteiger partial charge in [0.15, 0.2) is 0 Å². The van der Waals surface area contributed by atoms with Crippen LogP contribution in [0.25, 0.3) is 0 Å². The standard InChI is InChI=1S/C21H32N4O4/c1-15(26)23-12-4-8-17(23)20(28)25-14-6-9-18(25)21(29)24-13-5-7-16(24)19(27)22-10-2-3-11-22/h16-18H,2-14H2,1H3/t16-,17-,18-/m0/s1. The fourth-order valence-corrected chi connectivity index (χ4v) is 5.51. The lowest BCUT2D eigenvalue weighted by atomic mass is 10.1. The van der Waals surface area contributed by atoms with Crippen LogP contribution < -0.4 is 0 Å². The molecule has 8 nitrogen and oxygen atoms in total. The second kappa shape index (κ2) is 8.32. The van der Waals surface area contributed by atoms with E-state index in [1.54, 1.807) is 14.7 Å². The van der Waals surface area contributed by atoms with Gasteiger partial charge in [0.2, 0.25) is 23.6 Å². The zero-order chi connectivity index (χ0) is 20.5. The molecule has 0 aliphatic carbocycles. The molecular weight excluding hydrogens is 372 g/mol. The summed E-state index contributed by atoms with van der Waals surface area (Å²) in [5.74, 6) is -0.199. The molecule has 29 heavy (non-hydrogen) atoms. The van der Waals surface area contributed by atoms with E-state index in [9.17, 15) is 19.2 Å². The van der Waals surface area contributed by atoms with Gasteiger partial charge in [0.05, 0.1) is 0 Å². The largest absolute Gasteiger partial charge is 0.341 e. The van der Waals surface area contributed by atoms with E-state index in [1.807, 2.05) is 4.90 Å². The first-order chi connectivity index (χ1) is 14.0. The predicted octanol–water partition coefficient (Wildman–Crippen LogP) is 0.602. The second-order valence-corrected chi connectivity index (χ2v) is 8.78.